The van der Waals surface area contributed by atoms with Crippen molar-refractivity contribution in [1.82, 2.24) is 0 Å². The average molecular weight is 370 g/mol. The summed E-state index contributed by atoms with van der Waals surface area (Å²) in [6.07, 6.45) is 0.341. The molecule has 2 amide bonds. The predicted molar refractivity (Wildman–Crippen MR) is 102 cm³/mol. The summed E-state index contributed by atoms with van der Waals surface area (Å²) in [6, 6.07) is 12.3. The van der Waals surface area contributed by atoms with E-state index >= 15 is 0 Å². The van der Waals surface area contributed by atoms with Crippen molar-refractivity contribution in [3.05, 3.63) is 42.5 Å². The van der Waals surface area contributed by atoms with Crippen LogP contribution < -0.4 is 24.8 Å². The molecule has 0 aliphatic carbocycles. The molecule has 1 aliphatic heterocycles. The maximum atomic E-state index is 12.2. The monoisotopic (exact) mass is 370 g/mol. The van der Waals surface area contributed by atoms with Gasteiger partial charge in [0.1, 0.15) is 5.75 Å². The molecule has 0 saturated heterocycles. The van der Waals surface area contributed by atoms with Crippen LogP contribution in [0.3, 0.4) is 0 Å². The number of nitrogens with one attached hydrogen (secondary N) is 2. The van der Waals surface area contributed by atoms with Gasteiger partial charge in [0.15, 0.2) is 24.2 Å². The molecule has 142 valence electrons. The summed E-state index contributed by atoms with van der Waals surface area (Å²) in [4.78, 5) is 23.9. The summed E-state index contributed by atoms with van der Waals surface area (Å²) >= 11 is 0. The lowest BCUT2D eigenvalue weighted by Gasteiger charge is -2.23. The topological polar surface area (TPSA) is 85.9 Å². The number of benzene rings is 2. The zero-order chi connectivity index (χ0) is 19.2. The van der Waals surface area contributed by atoms with Crippen molar-refractivity contribution in [2.24, 2.45) is 0 Å². The minimum absolute atomic E-state index is 0.163. The normalized spacial score (nSPS) is 15.2. The summed E-state index contributed by atoms with van der Waals surface area (Å²) in [5.41, 5.74) is 1.06. The minimum Gasteiger partial charge on any atom is -0.490 e. The highest BCUT2D eigenvalue weighted by molar-refractivity contribution is 5.99. The summed E-state index contributed by atoms with van der Waals surface area (Å²) in [5.74, 6) is 1.14. The van der Waals surface area contributed by atoms with E-state index in [4.69, 9.17) is 14.2 Å². The molecule has 0 fully saturated rings. The third kappa shape index (κ3) is 4.69. The van der Waals surface area contributed by atoms with Crippen LogP contribution in [-0.2, 0) is 9.59 Å². The van der Waals surface area contributed by atoms with Crippen LogP contribution in [0.1, 0.15) is 20.3 Å². The van der Waals surface area contributed by atoms with Gasteiger partial charge in [0.05, 0.1) is 12.3 Å². The predicted octanol–water partition coefficient (Wildman–Crippen LogP) is 3.21. The van der Waals surface area contributed by atoms with E-state index in [1.807, 2.05) is 19.1 Å². The van der Waals surface area contributed by atoms with E-state index in [2.05, 4.69) is 10.6 Å². The van der Waals surface area contributed by atoms with E-state index < -0.39 is 6.10 Å². The second-order valence-corrected chi connectivity index (χ2v) is 6.09. The van der Waals surface area contributed by atoms with E-state index in [9.17, 15) is 9.59 Å². The summed E-state index contributed by atoms with van der Waals surface area (Å²) in [5, 5.41) is 5.48. The van der Waals surface area contributed by atoms with Gasteiger partial charge in [-0.25, -0.2) is 0 Å². The van der Waals surface area contributed by atoms with Crippen molar-refractivity contribution in [2.75, 3.05) is 23.8 Å². The van der Waals surface area contributed by atoms with Gasteiger partial charge in [-0.05, 0) is 43.7 Å². The Kier molecular flexibility index (Phi) is 5.80. The Morgan fingerprint density at radius 3 is 2.67 bits per heavy atom. The summed E-state index contributed by atoms with van der Waals surface area (Å²) in [6.45, 7) is 4.11. The third-order valence-electron chi connectivity index (χ3n) is 3.86. The number of hydrogen-bond donors (Lipinski definition) is 2. The first-order valence-corrected chi connectivity index (χ1v) is 8.83. The van der Waals surface area contributed by atoms with Crippen LogP contribution in [0.25, 0.3) is 0 Å². The fourth-order valence-electron chi connectivity index (χ4n) is 2.53. The Balaban J connectivity index is 1.59. The van der Waals surface area contributed by atoms with Crippen LogP contribution in [0.2, 0.25) is 0 Å². The fourth-order valence-corrected chi connectivity index (χ4v) is 2.53. The second kappa shape index (κ2) is 8.44. The van der Waals surface area contributed by atoms with Crippen molar-refractivity contribution in [3.63, 3.8) is 0 Å². The number of fused-ring (bicyclic) bond motifs is 1. The van der Waals surface area contributed by atoms with Crippen molar-refractivity contribution < 1.29 is 23.8 Å². The zero-order valence-electron chi connectivity index (χ0n) is 15.3. The number of anilines is 2. The number of hydrogen-bond acceptors (Lipinski definition) is 5. The molecule has 1 heterocycles. The van der Waals surface area contributed by atoms with E-state index in [0.29, 0.717) is 35.2 Å². The van der Waals surface area contributed by atoms with Crippen LogP contribution in [0, 0.1) is 0 Å². The van der Waals surface area contributed by atoms with Crippen molar-refractivity contribution in [2.45, 2.75) is 26.4 Å². The number of carbonyl (C=O) groups is 2. The molecule has 7 nitrogen and oxygen atoms in total. The molecule has 1 atom stereocenters. The van der Waals surface area contributed by atoms with E-state index in [0.717, 1.165) is 6.42 Å². The Morgan fingerprint density at radius 1 is 1.19 bits per heavy atom. The zero-order valence-corrected chi connectivity index (χ0v) is 15.3. The van der Waals surface area contributed by atoms with Crippen LogP contribution in [0.5, 0.6) is 17.2 Å². The van der Waals surface area contributed by atoms with Gasteiger partial charge in [-0.3, -0.25) is 9.59 Å². The standard InChI is InChI=1S/C20H22N2O5/c1-3-10-25-17-6-4-5-7-18(17)26-12-19(23)21-14-8-9-16-15(11-14)22-20(24)13(2)27-16/h4-9,11,13H,3,10,12H2,1-2H3,(H,21,23)(H,22,24)/t13-/m1/s1. The molecule has 3 rings (SSSR count). The van der Waals surface area contributed by atoms with Gasteiger partial charge in [-0.1, -0.05) is 19.1 Å². The number of para-hydroxylation sites is 2. The molecule has 0 aromatic heterocycles. The van der Waals surface area contributed by atoms with Crippen molar-refractivity contribution in [3.8, 4) is 17.2 Å². The first-order chi connectivity index (χ1) is 13.1. The molecule has 2 N–H and O–H groups in total. The first kappa shape index (κ1) is 18.6. The Morgan fingerprint density at radius 2 is 1.93 bits per heavy atom. The van der Waals surface area contributed by atoms with Gasteiger partial charge >= 0.3 is 0 Å². The summed E-state index contributed by atoms with van der Waals surface area (Å²) < 4.78 is 16.7. The molecule has 0 saturated carbocycles. The minimum atomic E-state index is -0.540. The van der Waals surface area contributed by atoms with Crippen LogP contribution >= 0.6 is 0 Å². The van der Waals surface area contributed by atoms with Crippen LogP contribution in [-0.4, -0.2) is 31.1 Å². The number of ether oxygens (including phenoxy) is 3. The SMILES string of the molecule is CCCOc1ccccc1OCC(=O)Nc1ccc2c(c1)NC(=O)[C@@H](C)O2. The number of carbonyl (C=O) groups excluding carboxylic acids is 2. The molecule has 0 spiro atoms. The molecule has 2 aromatic rings. The lowest BCUT2D eigenvalue weighted by atomic mass is 10.2. The molecule has 0 bridgehead atoms. The highest BCUT2D eigenvalue weighted by atomic mass is 16.5. The lowest BCUT2D eigenvalue weighted by molar-refractivity contribution is -0.122. The van der Waals surface area contributed by atoms with Gasteiger partial charge in [0, 0.05) is 5.69 Å². The average Bonchev–Trinajstić information content (AvgIpc) is 2.66. The number of rotatable bonds is 7. The molecule has 2 aromatic carbocycles. The Bertz CT molecular complexity index is 837. The van der Waals surface area contributed by atoms with Gasteiger partial charge in [0.2, 0.25) is 0 Å². The van der Waals surface area contributed by atoms with Gasteiger partial charge in [-0.2, -0.15) is 0 Å². The first-order valence-electron chi connectivity index (χ1n) is 8.83. The third-order valence-corrected chi connectivity index (χ3v) is 3.86. The quantitative estimate of drug-likeness (QED) is 0.782. The molecule has 1 aliphatic rings. The maximum Gasteiger partial charge on any atom is 0.265 e. The highest BCUT2D eigenvalue weighted by Gasteiger charge is 2.23. The Hall–Kier alpha value is -3.22. The van der Waals surface area contributed by atoms with E-state index in [1.165, 1.54) is 0 Å². The van der Waals surface area contributed by atoms with Crippen molar-refractivity contribution >= 4 is 23.2 Å². The lowest BCUT2D eigenvalue weighted by Crippen LogP contribution is -2.34. The molecule has 27 heavy (non-hydrogen) atoms. The molecular formula is C20H22N2O5. The highest BCUT2D eigenvalue weighted by Crippen LogP contribution is 2.32. The van der Waals surface area contributed by atoms with Gasteiger partial charge < -0.3 is 24.8 Å². The number of amides is 2. The summed E-state index contributed by atoms with van der Waals surface area (Å²) in [7, 11) is 0. The van der Waals surface area contributed by atoms with Crippen LogP contribution in [0.4, 0.5) is 11.4 Å². The van der Waals surface area contributed by atoms with Crippen LogP contribution in [0.15, 0.2) is 42.5 Å². The largest absolute Gasteiger partial charge is 0.490 e. The molecular weight excluding hydrogens is 348 g/mol. The van der Waals surface area contributed by atoms with Gasteiger partial charge in [0.25, 0.3) is 11.8 Å². The maximum absolute atomic E-state index is 12.2. The second-order valence-electron chi connectivity index (χ2n) is 6.09. The van der Waals surface area contributed by atoms with E-state index in [-0.39, 0.29) is 18.4 Å². The van der Waals surface area contributed by atoms with Crippen molar-refractivity contribution in [1.29, 1.82) is 0 Å². The molecule has 0 radical (unpaired) electrons. The fraction of sp³-hybridized carbons (Fsp3) is 0.300. The Labute approximate surface area is 157 Å². The molecule has 7 heteroatoms. The smallest absolute Gasteiger partial charge is 0.265 e. The van der Waals surface area contributed by atoms with Gasteiger partial charge in [-0.15, -0.1) is 0 Å². The molecule has 0 unspecified atom stereocenters. The van der Waals surface area contributed by atoms with E-state index in [1.54, 1.807) is 37.3 Å².